The fourth-order valence-corrected chi connectivity index (χ4v) is 1.74. The summed E-state index contributed by atoms with van der Waals surface area (Å²) in [7, 11) is 0. The Labute approximate surface area is 94.0 Å². The van der Waals surface area contributed by atoms with E-state index in [-0.39, 0.29) is 0 Å². The van der Waals surface area contributed by atoms with E-state index in [1.165, 1.54) is 0 Å². The van der Waals surface area contributed by atoms with Gasteiger partial charge in [0.25, 0.3) is 0 Å². The quantitative estimate of drug-likeness (QED) is 0.792. The van der Waals surface area contributed by atoms with E-state index in [4.69, 9.17) is 0 Å². The molecule has 4 heteroatoms. The Bertz CT molecular complexity index is 236. The monoisotopic (exact) mass is 259 g/mol. The molecule has 0 fully saturated rings. The van der Waals surface area contributed by atoms with E-state index in [0.29, 0.717) is 12.0 Å². The molecule has 0 saturated carbocycles. The van der Waals surface area contributed by atoms with Gasteiger partial charge in [-0.1, -0.05) is 22.9 Å². The van der Waals surface area contributed by atoms with Gasteiger partial charge in [-0.05, 0) is 18.9 Å². The van der Waals surface area contributed by atoms with Crippen molar-refractivity contribution in [1.29, 1.82) is 0 Å². The molecule has 0 aromatic carbocycles. The molecule has 0 bridgehead atoms. The summed E-state index contributed by atoms with van der Waals surface area (Å²) in [6.07, 6.45) is 3.80. The van der Waals surface area contributed by atoms with Gasteiger partial charge < -0.3 is 5.32 Å². The first-order valence-electron chi connectivity index (χ1n) is 5.01. The molecule has 0 radical (unpaired) electrons. The van der Waals surface area contributed by atoms with E-state index in [9.17, 15) is 0 Å². The van der Waals surface area contributed by atoms with Crippen LogP contribution in [0.5, 0.6) is 0 Å². The Morgan fingerprint density at radius 1 is 1.50 bits per heavy atom. The predicted molar refractivity (Wildman–Crippen MR) is 62.6 cm³/mol. The largest absolute Gasteiger partial charge is 0.312 e. The zero-order chi connectivity index (χ0) is 10.4. The highest BCUT2D eigenvalue weighted by Gasteiger charge is 2.08. The average Bonchev–Trinajstić information content (AvgIpc) is 2.69. The summed E-state index contributed by atoms with van der Waals surface area (Å²) >= 11 is 3.49. The molecule has 0 saturated heterocycles. The number of aromatic nitrogens is 2. The van der Waals surface area contributed by atoms with Crippen LogP contribution in [0.15, 0.2) is 18.5 Å². The first-order valence-corrected chi connectivity index (χ1v) is 6.13. The molecule has 0 amide bonds. The minimum atomic E-state index is 0.546. The maximum Gasteiger partial charge on any atom is 0.0534 e. The van der Waals surface area contributed by atoms with Crippen molar-refractivity contribution in [2.24, 2.45) is 5.92 Å². The number of alkyl halides is 1. The normalized spacial score (nSPS) is 15.4. The standard InChI is InChI=1S/C10H18BrN3/c1-9(8-11)10(2)12-5-7-14-6-3-4-13-14/h3-4,6,9-10,12H,5,7-8H2,1-2H3. The Hall–Kier alpha value is -0.350. The Balaban J connectivity index is 2.15. The molecule has 14 heavy (non-hydrogen) atoms. The molecule has 1 aromatic rings. The summed E-state index contributed by atoms with van der Waals surface area (Å²) < 4.78 is 1.94. The van der Waals surface area contributed by atoms with Gasteiger partial charge in [0, 0.05) is 30.3 Å². The number of nitrogens with one attached hydrogen (secondary N) is 1. The molecule has 0 spiro atoms. The second-order valence-electron chi connectivity index (χ2n) is 3.64. The third-order valence-corrected chi connectivity index (χ3v) is 3.48. The Morgan fingerprint density at radius 3 is 2.86 bits per heavy atom. The molecule has 80 valence electrons. The van der Waals surface area contributed by atoms with E-state index >= 15 is 0 Å². The van der Waals surface area contributed by atoms with Gasteiger partial charge in [-0.15, -0.1) is 0 Å². The van der Waals surface area contributed by atoms with Crippen molar-refractivity contribution in [3.8, 4) is 0 Å². The first-order chi connectivity index (χ1) is 6.74. The molecule has 0 aliphatic heterocycles. The third-order valence-electron chi connectivity index (χ3n) is 2.46. The van der Waals surface area contributed by atoms with Crippen LogP contribution in [0, 0.1) is 5.92 Å². The molecule has 1 aromatic heterocycles. The van der Waals surface area contributed by atoms with Crippen LogP contribution in [-0.2, 0) is 6.54 Å². The maximum atomic E-state index is 4.15. The summed E-state index contributed by atoms with van der Waals surface area (Å²) in [6, 6.07) is 2.50. The topological polar surface area (TPSA) is 29.9 Å². The van der Waals surface area contributed by atoms with Crippen LogP contribution in [-0.4, -0.2) is 27.7 Å². The van der Waals surface area contributed by atoms with Gasteiger partial charge in [0.05, 0.1) is 6.54 Å². The van der Waals surface area contributed by atoms with E-state index in [0.717, 1.165) is 18.4 Å². The van der Waals surface area contributed by atoms with Gasteiger partial charge in [0.1, 0.15) is 0 Å². The van der Waals surface area contributed by atoms with E-state index < -0.39 is 0 Å². The van der Waals surface area contributed by atoms with Crippen molar-refractivity contribution in [1.82, 2.24) is 15.1 Å². The number of nitrogens with zero attached hydrogens (tertiary/aromatic N) is 2. The smallest absolute Gasteiger partial charge is 0.0534 e. The molecule has 1 rings (SSSR count). The van der Waals surface area contributed by atoms with Crippen molar-refractivity contribution in [3.05, 3.63) is 18.5 Å². The lowest BCUT2D eigenvalue weighted by Crippen LogP contribution is -2.35. The highest BCUT2D eigenvalue weighted by atomic mass is 79.9. The van der Waals surface area contributed by atoms with Crippen molar-refractivity contribution in [2.75, 3.05) is 11.9 Å². The van der Waals surface area contributed by atoms with Gasteiger partial charge in [0.15, 0.2) is 0 Å². The molecule has 2 unspecified atom stereocenters. The summed E-state index contributed by atoms with van der Waals surface area (Å²) in [4.78, 5) is 0. The third kappa shape index (κ3) is 3.80. The summed E-state index contributed by atoms with van der Waals surface area (Å²) in [6.45, 7) is 6.36. The van der Waals surface area contributed by atoms with Crippen molar-refractivity contribution in [2.45, 2.75) is 26.4 Å². The van der Waals surface area contributed by atoms with Crippen LogP contribution in [0.4, 0.5) is 0 Å². The van der Waals surface area contributed by atoms with E-state index in [1.54, 1.807) is 0 Å². The molecule has 1 N–H and O–H groups in total. The van der Waals surface area contributed by atoms with E-state index in [2.05, 4.69) is 40.2 Å². The minimum absolute atomic E-state index is 0.546. The highest BCUT2D eigenvalue weighted by Crippen LogP contribution is 2.05. The molecular weight excluding hydrogens is 242 g/mol. The zero-order valence-corrected chi connectivity index (χ0v) is 10.4. The lowest BCUT2D eigenvalue weighted by atomic mass is 10.1. The fourth-order valence-electron chi connectivity index (χ4n) is 1.17. The minimum Gasteiger partial charge on any atom is -0.312 e. The number of hydrogen-bond acceptors (Lipinski definition) is 2. The molecule has 2 atom stereocenters. The van der Waals surface area contributed by atoms with Crippen molar-refractivity contribution >= 4 is 15.9 Å². The molecular formula is C10H18BrN3. The van der Waals surface area contributed by atoms with Gasteiger partial charge in [-0.2, -0.15) is 5.10 Å². The summed E-state index contributed by atoms with van der Waals surface area (Å²) in [5.74, 6) is 0.660. The number of halogens is 1. The van der Waals surface area contributed by atoms with Crippen LogP contribution in [0.3, 0.4) is 0 Å². The summed E-state index contributed by atoms with van der Waals surface area (Å²) in [5, 5.41) is 8.67. The maximum absolute atomic E-state index is 4.15. The van der Waals surface area contributed by atoms with Gasteiger partial charge in [0.2, 0.25) is 0 Å². The Kier molecular flexibility index (Phi) is 5.19. The molecule has 0 aliphatic rings. The van der Waals surface area contributed by atoms with E-state index in [1.807, 2.05) is 23.1 Å². The molecule has 0 aliphatic carbocycles. The second-order valence-corrected chi connectivity index (χ2v) is 4.29. The van der Waals surface area contributed by atoms with Gasteiger partial charge in [-0.25, -0.2) is 0 Å². The molecule has 1 heterocycles. The van der Waals surface area contributed by atoms with Crippen LogP contribution in [0.1, 0.15) is 13.8 Å². The van der Waals surface area contributed by atoms with Crippen LogP contribution in [0.2, 0.25) is 0 Å². The zero-order valence-electron chi connectivity index (χ0n) is 8.78. The van der Waals surface area contributed by atoms with Crippen LogP contribution >= 0.6 is 15.9 Å². The summed E-state index contributed by atoms with van der Waals surface area (Å²) in [5.41, 5.74) is 0. The lowest BCUT2D eigenvalue weighted by molar-refractivity contribution is 0.416. The average molecular weight is 260 g/mol. The highest BCUT2D eigenvalue weighted by molar-refractivity contribution is 9.09. The second kappa shape index (κ2) is 6.19. The van der Waals surface area contributed by atoms with Gasteiger partial charge >= 0.3 is 0 Å². The number of hydrogen-bond donors (Lipinski definition) is 1. The van der Waals surface area contributed by atoms with Crippen LogP contribution < -0.4 is 5.32 Å². The Morgan fingerprint density at radius 2 is 2.29 bits per heavy atom. The van der Waals surface area contributed by atoms with Crippen LogP contribution in [0.25, 0.3) is 0 Å². The van der Waals surface area contributed by atoms with Crippen molar-refractivity contribution in [3.63, 3.8) is 0 Å². The van der Waals surface area contributed by atoms with Crippen molar-refractivity contribution < 1.29 is 0 Å². The van der Waals surface area contributed by atoms with Gasteiger partial charge in [-0.3, -0.25) is 4.68 Å². The SMILES string of the molecule is CC(CBr)C(C)NCCn1cccn1. The predicted octanol–water partition coefficient (Wildman–Crippen LogP) is 1.89. The first kappa shape index (κ1) is 11.7. The number of rotatable bonds is 6. The lowest BCUT2D eigenvalue weighted by Gasteiger charge is -2.19. The molecule has 3 nitrogen and oxygen atoms in total. The fraction of sp³-hybridized carbons (Fsp3) is 0.700.